The molecular weight excluding hydrogens is 256 g/mol. The molecule has 104 valence electrons. The van der Waals surface area contributed by atoms with Crippen molar-refractivity contribution in [2.75, 3.05) is 14.2 Å². The van der Waals surface area contributed by atoms with E-state index in [9.17, 15) is 19.2 Å². The Kier molecular flexibility index (Phi) is 3.05. The second-order valence-electron chi connectivity index (χ2n) is 4.70. The van der Waals surface area contributed by atoms with Crippen LogP contribution in [0.25, 0.3) is 0 Å². The second kappa shape index (κ2) is 4.30. The molecular formula is C11H14N2O6. The van der Waals surface area contributed by atoms with E-state index in [1.54, 1.807) is 0 Å². The van der Waals surface area contributed by atoms with E-state index in [0.717, 1.165) is 0 Å². The minimum absolute atomic E-state index is 0.592. The summed E-state index contributed by atoms with van der Waals surface area (Å²) in [4.78, 5) is 47.1. The molecule has 0 bridgehead atoms. The normalized spacial score (nSPS) is 36.7. The first-order valence-corrected chi connectivity index (χ1v) is 5.65. The Morgan fingerprint density at radius 3 is 2.32 bits per heavy atom. The summed E-state index contributed by atoms with van der Waals surface area (Å²) in [6.45, 7) is 1.43. The molecule has 8 heteroatoms. The molecule has 0 aromatic carbocycles. The van der Waals surface area contributed by atoms with Crippen molar-refractivity contribution in [1.82, 2.24) is 10.6 Å². The van der Waals surface area contributed by atoms with Gasteiger partial charge >= 0.3 is 11.9 Å². The fourth-order valence-electron chi connectivity index (χ4n) is 2.80. The monoisotopic (exact) mass is 270 g/mol. The lowest BCUT2D eigenvalue weighted by molar-refractivity contribution is -0.151. The number of methoxy groups -OCH3 is 2. The second-order valence-corrected chi connectivity index (χ2v) is 4.70. The molecule has 2 fully saturated rings. The van der Waals surface area contributed by atoms with Crippen molar-refractivity contribution >= 4 is 23.8 Å². The Bertz CT molecular complexity index is 476. The third-order valence-corrected chi connectivity index (χ3v) is 3.69. The van der Waals surface area contributed by atoms with Gasteiger partial charge in [-0.25, -0.2) is 0 Å². The van der Waals surface area contributed by atoms with E-state index in [1.165, 1.54) is 21.1 Å². The zero-order valence-corrected chi connectivity index (χ0v) is 10.7. The summed E-state index contributed by atoms with van der Waals surface area (Å²) in [5.41, 5.74) is -1.44. The molecule has 2 aliphatic rings. The molecule has 0 saturated carbocycles. The highest BCUT2D eigenvalue weighted by Gasteiger charge is 2.66. The zero-order chi connectivity index (χ0) is 14.4. The fraction of sp³-hybridized carbons (Fsp3) is 0.636. The maximum atomic E-state index is 11.9. The molecule has 2 saturated heterocycles. The molecule has 2 N–H and O–H groups in total. The van der Waals surface area contributed by atoms with Gasteiger partial charge in [-0.3, -0.25) is 29.8 Å². The first-order valence-electron chi connectivity index (χ1n) is 5.65. The van der Waals surface area contributed by atoms with Crippen molar-refractivity contribution in [3.63, 3.8) is 0 Å². The molecule has 2 rings (SSSR count). The number of fused-ring (bicyclic) bond motifs is 1. The van der Waals surface area contributed by atoms with Gasteiger partial charge in [-0.1, -0.05) is 0 Å². The molecule has 4 atom stereocenters. The summed E-state index contributed by atoms with van der Waals surface area (Å²) in [5, 5.41) is 4.83. The van der Waals surface area contributed by atoms with Crippen molar-refractivity contribution < 1.29 is 28.7 Å². The van der Waals surface area contributed by atoms with Crippen molar-refractivity contribution in [3.8, 4) is 0 Å². The molecule has 0 radical (unpaired) electrons. The predicted molar refractivity (Wildman–Crippen MR) is 59.5 cm³/mol. The number of carbonyl (C=O) groups is 4. The average molecular weight is 270 g/mol. The number of amides is 2. The highest BCUT2D eigenvalue weighted by molar-refractivity contribution is 6.11. The molecule has 4 unspecified atom stereocenters. The van der Waals surface area contributed by atoms with Crippen LogP contribution in [0.3, 0.4) is 0 Å². The van der Waals surface area contributed by atoms with Crippen LogP contribution in [0.5, 0.6) is 0 Å². The van der Waals surface area contributed by atoms with Crippen molar-refractivity contribution in [2.24, 2.45) is 11.8 Å². The minimum Gasteiger partial charge on any atom is -0.468 e. The van der Waals surface area contributed by atoms with Crippen LogP contribution in [0.4, 0.5) is 0 Å². The Morgan fingerprint density at radius 1 is 1.16 bits per heavy atom. The van der Waals surface area contributed by atoms with E-state index in [1.807, 2.05) is 0 Å². The number of nitrogens with one attached hydrogen (secondary N) is 2. The summed E-state index contributed by atoms with van der Waals surface area (Å²) >= 11 is 0. The van der Waals surface area contributed by atoms with Crippen LogP contribution in [-0.2, 0) is 28.7 Å². The largest absolute Gasteiger partial charge is 0.468 e. The topological polar surface area (TPSA) is 111 Å². The van der Waals surface area contributed by atoms with E-state index in [0.29, 0.717) is 0 Å². The Hall–Kier alpha value is -1.96. The van der Waals surface area contributed by atoms with Crippen molar-refractivity contribution in [3.05, 3.63) is 0 Å². The van der Waals surface area contributed by atoms with Gasteiger partial charge in [0.05, 0.1) is 26.1 Å². The smallest absolute Gasteiger partial charge is 0.326 e. The summed E-state index contributed by atoms with van der Waals surface area (Å²) < 4.78 is 9.23. The van der Waals surface area contributed by atoms with Gasteiger partial charge in [0.2, 0.25) is 11.8 Å². The van der Waals surface area contributed by atoms with E-state index in [-0.39, 0.29) is 0 Å². The van der Waals surface area contributed by atoms with Crippen LogP contribution in [0.1, 0.15) is 6.92 Å². The van der Waals surface area contributed by atoms with Crippen LogP contribution >= 0.6 is 0 Å². The van der Waals surface area contributed by atoms with Gasteiger partial charge in [0.25, 0.3) is 0 Å². The zero-order valence-electron chi connectivity index (χ0n) is 10.7. The molecule has 2 heterocycles. The minimum atomic E-state index is -1.44. The lowest BCUT2D eigenvalue weighted by Gasteiger charge is -2.26. The Labute approximate surface area is 108 Å². The first-order chi connectivity index (χ1) is 8.86. The van der Waals surface area contributed by atoms with Gasteiger partial charge in [-0.05, 0) is 6.92 Å². The standard InChI is InChI=1S/C11H14N2O6/c1-11(10(17)19-3)5-4(7(14)12-8(5)15)6(13-11)9(16)18-2/h4-6,13H,1-3H3,(H,12,14,15). The van der Waals surface area contributed by atoms with E-state index >= 15 is 0 Å². The maximum Gasteiger partial charge on any atom is 0.326 e. The van der Waals surface area contributed by atoms with Crippen LogP contribution in [0.2, 0.25) is 0 Å². The van der Waals surface area contributed by atoms with Gasteiger partial charge in [0.1, 0.15) is 11.6 Å². The van der Waals surface area contributed by atoms with Crippen LogP contribution in [-0.4, -0.2) is 49.6 Å². The molecule has 8 nitrogen and oxygen atoms in total. The van der Waals surface area contributed by atoms with Crippen LogP contribution in [0.15, 0.2) is 0 Å². The van der Waals surface area contributed by atoms with Gasteiger partial charge in [-0.15, -0.1) is 0 Å². The number of carbonyl (C=O) groups excluding carboxylic acids is 4. The maximum absolute atomic E-state index is 11.9. The lowest BCUT2D eigenvalue weighted by Crippen LogP contribution is -2.55. The molecule has 19 heavy (non-hydrogen) atoms. The molecule has 0 spiro atoms. The van der Waals surface area contributed by atoms with Crippen molar-refractivity contribution in [2.45, 2.75) is 18.5 Å². The summed E-state index contributed by atoms with van der Waals surface area (Å²) in [5.74, 6) is -4.56. The third kappa shape index (κ3) is 1.71. The van der Waals surface area contributed by atoms with Gasteiger partial charge in [0.15, 0.2) is 0 Å². The number of esters is 2. The lowest BCUT2D eigenvalue weighted by atomic mass is 9.81. The van der Waals surface area contributed by atoms with Crippen molar-refractivity contribution in [1.29, 1.82) is 0 Å². The van der Waals surface area contributed by atoms with Gasteiger partial charge < -0.3 is 9.47 Å². The SMILES string of the molecule is COC(=O)C1NC(C)(C(=O)OC)C2C(=O)NC(=O)C12. The number of imide groups is 1. The highest BCUT2D eigenvalue weighted by Crippen LogP contribution is 2.40. The number of ether oxygens (including phenoxy) is 2. The van der Waals surface area contributed by atoms with Gasteiger partial charge in [0, 0.05) is 0 Å². The fourth-order valence-corrected chi connectivity index (χ4v) is 2.80. The molecule has 0 aliphatic carbocycles. The molecule has 2 aliphatic heterocycles. The summed E-state index contributed by atoms with van der Waals surface area (Å²) in [6, 6.07) is -1.05. The number of rotatable bonds is 2. The van der Waals surface area contributed by atoms with Crippen LogP contribution in [0, 0.1) is 11.8 Å². The molecule has 0 aromatic heterocycles. The number of hydrogen-bond acceptors (Lipinski definition) is 7. The summed E-state index contributed by atoms with van der Waals surface area (Å²) in [6.07, 6.45) is 0. The van der Waals surface area contributed by atoms with Gasteiger partial charge in [-0.2, -0.15) is 0 Å². The molecule has 0 aromatic rings. The predicted octanol–water partition coefficient (Wildman–Crippen LogP) is -2.05. The van der Waals surface area contributed by atoms with E-state index < -0.39 is 47.2 Å². The van der Waals surface area contributed by atoms with E-state index in [2.05, 4.69) is 20.1 Å². The van der Waals surface area contributed by atoms with Crippen LogP contribution < -0.4 is 10.6 Å². The first kappa shape index (κ1) is 13.5. The third-order valence-electron chi connectivity index (χ3n) is 3.69. The Balaban J connectivity index is 2.45. The molecule has 2 amide bonds. The highest BCUT2D eigenvalue weighted by atomic mass is 16.5. The number of hydrogen-bond donors (Lipinski definition) is 2. The average Bonchev–Trinajstić information content (AvgIpc) is 2.86. The quantitative estimate of drug-likeness (QED) is 0.439. The Morgan fingerprint density at radius 2 is 1.79 bits per heavy atom. The summed E-state index contributed by atoms with van der Waals surface area (Å²) in [7, 11) is 2.34. The van der Waals surface area contributed by atoms with E-state index in [4.69, 9.17) is 0 Å².